The minimum atomic E-state index is -0.483. The number of carbonyl (C=O) groups is 1. The van der Waals surface area contributed by atoms with Gasteiger partial charge < -0.3 is 11.1 Å². The Morgan fingerprint density at radius 1 is 1.44 bits per heavy atom. The highest BCUT2D eigenvalue weighted by atomic mass is 16.2. The number of aryl methyl sites for hydroxylation is 1. The van der Waals surface area contributed by atoms with E-state index in [1.54, 1.807) is 18.2 Å². The molecule has 0 aliphatic rings. The first-order valence-electron chi connectivity index (χ1n) is 5.29. The molecule has 0 atom stereocenters. The lowest BCUT2D eigenvalue weighted by molar-refractivity contribution is 0.102. The van der Waals surface area contributed by atoms with E-state index in [-0.39, 0.29) is 17.5 Å². The second-order valence-corrected chi connectivity index (χ2v) is 3.83. The average Bonchev–Trinajstić information content (AvgIpc) is 2.32. The molecule has 2 aromatic rings. The molecule has 1 heterocycles. The van der Waals surface area contributed by atoms with Crippen molar-refractivity contribution in [2.24, 2.45) is 0 Å². The third-order valence-electron chi connectivity index (χ3n) is 2.35. The maximum absolute atomic E-state index is 11.9. The summed E-state index contributed by atoms with van der Waals surface area (Å²) in [6.45, 7) is 1.88. The molecule has 1 aromatic carbocycles. The molecule has 0 unspecified atom stereocenters. The van der Waals surface area contributed by atoms with Gasteiger partial charge in [-0.25, -0.2) is 4.98 Å². The Balaban J connectivity index is 2.24. The molecule has 4 N–H and O–H groups in total. The molecule has 0 radical (unpaired) electrons. The van der Waals surface area contributed by atoms with E-state index in [0.717, 1.165) is 5.56 Å². The first kappa shape index (κ1) is 11.8. The number of nitrogens with one attached hydrogen (secondary N) is 2. The summed E-state index contributed by atoms with van der Waals surface area (Å²) >= 11 is 0. The van der Waals surface area contributed by atoms with Crippen LogP contribution in [0.25, 0.3) is 0 Å². The van der Waals surface area contributed by atoms with E-state index in [4.69, 9.17) is 5.73 Å². The summed E-state index contributed by atoms with van der Waals surface area (Å²) in [5, 5.41) is 2.48. The Morgan fingerprint density at radius 3 is 2.89 bits per heavy atom. The smallest absolute Gasteiger partial charge is 0.276 e. The minimum absolute atomic E-state index is 0.00792. The summed E-state index contributed by atoms with van der Waals surface area (Å²) < 4.78 is 0. The maximum Gasteiger partial charge on any atom is 0.276 e. The fraction of sp³-hybridized carbons (Fsp3) is 0.0833. The molecule has 92 valence electrons. The van der Waals surface area contributed by atoms with E-state index in [1.807, 2.05) is 13.0 Å². The van der Waals surface area contributed by atoms with E-state index in [0.29, 0.717) is 5.56 Å². The molecule has 2 rings (SSSR count). The fourth-order valence-electron chi connectivity index (χ4n) is 1.48. The van der Waals surface area contributed by atoms with E-state index in [9.17, 15) is 9.59 Å². The van der Waals surface area contributed by atoms with Crippen molar-refractivity contribution >= 4 is 17.5 Å². The van der Waals surface area contributed by atoms with Crippen molar-refractivity contribution in [1.29, 1.82) is 0 Å². The number of anilines is 2. The molecule has 0 saturated carbocycles. The Hall–Kier alpha value is -2.63. The first-order chi connectivity index (χ1) is 8.56. The molecule has 0 aliphatic carbocycles. The molecule has 0 saturated heterocycles. The summed E-state index contributed by atoms with van der Waals surface area (Å²) in [4.78, 5) is 29.4. The number of nitrogens with zero attached hydrogens (tertiary/aromatic N) is 1. The van der Waals surface area contributed by atoms with Gasteiger partial charge in [0.1, 0.15) is 5.69 Å². The highest BCUT2D eigenvalue weighted by molar-refractivity contribution is 6.04. The molecule has 6 nitrogen and oxygen atoms in total. The summed E-state index contributed by atoms with van der Waals surface area (Å²) in [6.07, 6.45) is 1.22. The maximum atomic E-state index is 11.9. The third-order valence-corrected chi connectivity index (χ3v) is 2.35. The minimum Gasteiger partial charge on any atom is -0.369 e. The van der Waals surface area contributed by atoms with Crippen LogP contribution >= 0.6 is 0 Å². The number of aromatic amines is 1. The number of carbonyl (C=O) groups excluding carboxylic acids is 1. The van der Waals surface area contributed by atoms with Crippen LogP contribution in [0.5, 0.6) is 0 Å². The highest BCUT2D eigenvalue weighted by Crippen LogP contribution is 2.06. The Bertz CT molecular complexity index is 649. The standard InChI is InChI=1S/C12H12N4O2/c1-7-3-2-4-8(5-7)10(17)15-9-6-14-12(13)16-11(9)18/h2-6H,1H3,(H,15,17)(H3,13,14,16,18). The number of amides is 1. The number of hydrogen-bond donors (Lipinski definition) is 3. The van der Waals surface area contributed by atoms with E-state index >= 15 is 0 Å². The van der Waals surface area contributed by atoms with Gasteiger partial charge in [0.25, 0.3) is 11.5 Å². The van der Waals surface area contributed by atoms with Crippen LogP contribution in [0.2, 0.25) is 0 Å². The van der Waals surface area contributed by atoms with E-state index in [2.05, 4.69) is 15.3 Å². The van der Waals surface area contributed by atoms with Crippen LogP contribution in [-0.2, 0) is 0 Å². The largest absolute Gasteiger partial charge is 0.369 e. The number of H-pyrrole nitrogens is 1. The van der Waals surface area contributed by atoms with Crippen LogP contribution in [-0.4, -0.2) is 15.9 Å². The van der Waals surface area contributed by atoms with Crippen molar-refractivity contribution in [3.05, 3.63) is 51.9 Å². The zero-order valence-corrected chi connectivity index (χ0v) is 9.73. The topological polar surface area (TPSA) is 101 Å². The quantitative estimate of drug-likeness (QED) is 0.730. The monoisotopic (exact) mass is 244 g/mol. The number of nitrogens with two attached hydrogens (primary N) is 1. The van der Waals surface area contributed by atoms with Gasteiger partial charge in [-0.2, -0.15) is 0 Å². The van der Waals surface area contributed by atoms with Crippen molar-refractivity contribution in [2.75, 3.05) is 11.1 Å². The molecule has 0 spiro atoms. The second-order valence-electron chi connectivity index (χ2n) is 3.83. The van der Waals surface area contributed by atoms with Gasteiger partial charge >= 0.3 is 0 Å². The van der Waals surface area contributed by atoms with Gasteiger partial charge in [0.2, 0.25) is 0 Å². The molecule has 0 aliphatic heterocycles. The van der Waals surface area contributed by atoms with Crippen molar-refractivity contribution in [2.45, 2.75) is 6.92 Å². The third kappa shape index (κ3) is 2.54. The highest BCUT2D eigenvalue weighted by Gasteiger charge is 2.08. The number of benzene rings is 1. The number of nitrogen functional groups attached to an aromatic ring is 1. The van der Waals surface area contributed by atoms with Crippen LogP contribution in [0.15, 0.2) is 35.3 Å². The van der Waals surface area contributed by atoms with Crippen molar-refractivity contribution < 1.29 is 4.79 Å². The predicted octanol–water partition coefficient (Wildman–Crippen LogP) is 0.913. The van der Waals surface area contributed by atoms with Crippen LogP contribution in [0.1, 0.15) is 15.9 Å². The van der Waals surface area contributed by atoms with Gasteiger partial charge in [-0.3, -0.25) is 14.6 Å². The first-order valence-corrected chi connectivity index (χ1v) is 5.29. The number of hydrogen-bond acceptors (Lipinski definition) is 4. The van der Waals surface area contributed by atoms with Crippen molar-refractivity contribution in [3.8, 4) is 0 Å². The Labute approximate surface area is 103 Å². The van der Waals surface area contributed by atoms with Gasteiger partial charge in [0.05, 0.1) is 6.20 Å². The zero-order valence-electron chi connectivity index (χ0n) is 9.73. The van der Waals surface area contributed by atoms with Gasteiger partial charge in [0, 0.05) is 5.56 Å². The molecule has 6 heteroatoms. The number of aromatic nitrogens is 2. The van der Waals surface area contributed by atoms with Crippen LogP contribution < -0.4 is 16.6 Å². The molecular formula is C12H12N4O2. The molecule has 18 heavy (non-hydrogen) atoms. The van der Waals surface area contributed by atoms with Crippen molar-refractivity contribution in [1.82, 2.24) is 9.97 Å². The molecule has 0 bridgehead atoms. The Morgan fingerprint density at radius 2 is 2.22 bits per heavy atom. The molecule has 0 fully saturated rings. The molecular weight excluding hydrogens is 232 g/mol. The average molecular weight is 244 g/mol. The normalized spacial score (nSPS) is 10.1. The fourth-order valence-corrected chi connectivity index (χ4v) is 1.48. The van der Waals surface area contributed by atoms with Gasteiger partial charge in [-0.1, -0.05) is 17.7 Å². The van der Waals surface area contributed by atoms with Crippen LogP contribution in [0, 0.1) is 6.92 Å². The Kier molecular flexibility index (Phi) is 3.09. The van der Waals surface area contributed by atoms with Crippen molar-refractivity contribution in [3.63, 3.8) is 0 Å². The lowest BCUT2D eigenvalue weighted by Gasteiger charge is -2.04. The van der Waals surface area contributed by atoms with E-state index < -0.39 is 5.56 Å². The predicted molar refractivity (Wildman–Crippen MR) is 68.4 cm³/mol. The van der Waals surface area contributed by atoms with Crippen LogP contribution in [0.3, 0.4) is 0 Å². The summed E-state index contributed by atoms with van der Waals surface area (Å²) in [5.41, 5.74) is 6.34. The second kappa shape index (κ2) is 4.70. The lowest BCUT2D eigenvalue weighted by Crippen LogP contribution is -2.21. The summed E-state index contributed by atoms with van der Waals surface area (Å²) in [5.74, 6) is -0.357. The SMILES string of the molecule is Cc1cccc(C(=O)Nc2cnc(N)[nH]c2=O)c1. The van der Waals surface area contributed by atoms with E-state index in [1.165, 1.54) is 6.20 Å². The molecule has 1 amide bonds. The summed E-state index contributed by atoms with van der Waals surface area (Å²) in [7, 11) is 0. The lowest BCUT2D eigenvalue weighted by atomic mass is 10.1. The van der Waals surface area contributed by atoms with Gasteiger partial charge in [-0.05, 0) is 19.1 Å². The number of rotatable bonds is 2. The van der Waals surface area contributed by atoms with Gasteiger partial charge in [0.15, 0.2) is 5.95 Å². The molecule has 1 aromatic heterocycles. The summed E-state index contributed by atoms with van der Waals surface area (Å²) in [6, 6.07) is 7.06. The van der Waals surface area contributed by atoms with Crippen LogP contribution in [0.4, 0.5) is 11.6 Å². The zero-order chi connectivity index (χ0) is 13.1. The van der Waals surface area contributed by atoms with Gasteiger partial charge in [-0.15, -0.1) is 0 Å².